The normalized spacial score (nSPS) is 19.9. The van der Waals surface area contributed by atoms with E-state index in [0.29, 0.717) is 18.8 Å². The molecule has 126 valence electrons. The molecule has 2 heterocycles. The van der Waals surface area contributed by atoms with Crippen LogP contribution in [0.4, 0.5) is 0 Å². The fourth-order valence-corrected chi connectivity index (χ4v) is 2.96. The summed E-state index contributed by atoms with van der Waals surface area (Å²) < 4.78 is 6.00. The topological polar surface area (TPSA) is 55.3 Å². The summed E-state index contributed by atoms with van der Waals surface area (Å²) >= 11 is 0. The van der Waals surface area contributed by atoms with E-state index in [1.165, 1.54) is 11.8 Å². The second-order valence-electron chi connectivity index (χ2n) is 6.78. The lowest BCUT2D eigenvalue weighted by Crippen LogP contribution is -2.58. The lowest BCUT2D eigenvalue weighted by molar-refractivity contribution is -0.0851. The van der Waals surface area contributed by atoms with Crippen molar-refractivity contribution in [3.8, 4) is 0 Å². The van der Waals surface area contributed by atoms with Crippen molar-refractivity contribution >= 4 is 5.91 Å². The molecule has 1 aliphatic rings. The molecule has 24 heavy (non-hydrogen) atoms. The van der Waals surface area contributed by atoms with Crippen molar-refractivity contribution in [2.24, 2.45) is 0 Å². The lowest BCUT2D eigenvalue weighted by atomic mass is 9.97. The Morgan fingerprint density at radius 2 is 2.08 bits per heavy atom. The van der Waals surface area contributed by atoms with Gasteiger partial charge >= 0.3 is 0 Å². The highest BCUT2D eigenvalue weighted by atomic mass is 16.5. The van der Waals surface area contributed by atoms with E-state index in [1.54, 1.807) is 12.4 Å². The molecule has 1 saturated heterocycles. The quantitative estimate of drug-likeness (QED) is 0.867. The van der Waals surface area contributed by atoms with Crippen molar-refractivity contribution in [2.75, 3.05) is 13.2 Å². The molecule has 0 aliphatic carbocycles. The van der Waals surface area contributed by atoms with Crippen LogP contribution in [-0.4, -0.2) is 45.6 Å². The zero-order valence-corrected chi connectivity index (χ0v) is 14.2. The molecule has 5 nitrogen and oxygen atoms in total. The van der Waals surface area contributed by atoms with Gasteiger partial charge in [-0.2, -0.15) is 0 Å². The second kappa shape index (κ2) is 7.09. The number of nitrogens with zero attached hydrogens (tertiary/aromatic N) is 3. The van der Waals surface area contributed by atoms with Gasteiger partial charge < -0.3 is 9.64 Å². The number of aryl methyl sites for hydroxylation is 1. The van der Waals surface area contributed by atoms with Gasteiger partial charge in [0.1, 0.15) is 5.69 Å². The number of hydrogen-bond donors (Lipinski definition) is 0. The van der Waals surface area contributed by atoms with E-state index >= 15 is 0 Å². The average molecular weight is 325 g/mol. The number of amides is 1. The van der Waals surface area contributed by atoms with Gasteiger partial charge in [-0.15, -0.1) is 0 Å². The number of morpholine rings is 1. The number of aromatic nitrogens is 2. The Kier molecular flexibility index (Phi) is 4.90. The molecule has 1 aromatic carbocycles. The van der Waals surface area contributed by atoms with Crippen molar-refractivity contribution < 1.29 is 9.53 Å². The number of rotatable bonds is 4. The van der Waals surface area contributed by atoms with Gasteiger partial charge in [-0.25, -0.2) is 4.98 Å². The highest BCUT2D eigenvalue weighted by Crippen LogP contribution is 2.25. The molecule has 3 rings (SSSR count). The average Bonchev–Trinajstić information content (AvgIpc) is 2.61. The van der Waals surface area contributed by atoms with Crippen molar-refractivity contribution in [1.82, 2.24) is 14.9 Å². The Balaban J connectivity index is 1.67. The smallest absolute Gasteiger partial charge is 0.274 e. The highest BCUT2D eigenvalue weighted by molar-refractivity contribution is 5.92. The van der Waals surface area contributed by atoms with Gasteiger partial charge in [0, 0.05) is 18.9 Å². The Bertz CT molecular complexity index is 674. The summed E-state index contributed by atoms with van der Waals surface area (Å²) in [6, 6.07) is 10.4. The van der Waals surface area contributed by atoms with Crippen LogP contribution in [-0.2, 0) is 11.2 Å². The first-order valence-electron chi connectivity index (χ1n) is 8.30. The van der Waals surface area contributed by atoms with Crippen LogP contribution in [0.5, 0.6) is 0 Å². The maximum absolute atomic E-state index is 12.8. The number of carbonyl (C=O) groups is 1. The number of carbonyl (C=O) groups excluding carboxylic acids is 1. The van der Waals surface area contributed by atoms with E-state index in [1.807, 2.05) is 36.9 Å². The van der Waals surface area contributed by atoms with Crippen molar-refractivity contribution in [3.05, 3.63) is 60.2 Å². The van der Waals surface area contributed by atoms with Crippen LogP contribution in [0.1, 0.15) is 36.3 Å². The first kappa shape index (κ1) is 16.6. The molecule has 0 spiro atoms. The van der Waals surface area contributed by atoms with Gasteiger partial charge in [-0.3, -0.25) is 9.78 Å². The highest BCUT2D eigenvalue weighted by Gasteiger charge is 2.38. The summed E-state index contributed by atoms with van der Waals surface area (Å²) in [6.45, 7) is 5.15. The van der Waals surface area contributed by atoms with Gasteiger partial charge in [0.15, 0.2) is 0 Å². The molecular weight excluding hydrogens is 302 g/mol. The number of ether oxygens (including phenoxy) is 1. The Labute approximate surface area is 142 Å². The SMILES string of the molecule is CC1(C)COC(CCc2ccccc2)CN1C(=O)c1cnccn1. The summed E-state index contributed by atoms with van der Waals surface area (Å²) in [7, 11) is 0. The van der Waals surface area contributed by atoms with Crippen molar-refractivity contribution in [3.63, 3.8) is 0 Å². The zero-order valence-electron chi connectivity index (χ0n) is 14.2. The van der Waals surface area contributed by atoms with Gasteiger partial charge in [0.25, 0.3) is 5.91 Å². The summed E-state index contributed by atoms with van der Waals surface area (Å²) in [4.78, 5) is 22.8. The third kappa shape index (κ3) is 3.79. The monoisotopic (exact) mass is 325 g/mol. The van der Waals surface area contributed by atoms with Crippen LogP contribution in [0.2, 0.25) is 0 Å². The molecule has 1 fully saturated rings. The van der Waals surface area contributed by atoms with E-state index in [9.17, 15) is 4.79 Å². The molecule has 1 aromatic heterocycles. The Morgan fingerprint density at radius 1 is 1.29 bits per heavy atom. The van der Waals surface area contributed by atoms with Crippen LogP contribution in [0.15, 0.2) is 48.9 Å². The molecule has 0 N–H and O–H groups in total. The van der Waals surface area contributed by atoms with Gasteiger partial charge in [-0.1, -0.05) is 30.3 Å². The van der Waals surface area contributed by atoms with Crippen molar-refractivity contribution in [1.29, 1.82) is 0 Å². The number of benzene rings is 1. The van der Waals surface area contributed by atoms with E-state index in [2.05, 4.69) is 22.1 Å². The fraction of sp³-hybridized carbons (Fsp3) is 0.421. The molecule has 2 aromatic rings. The first-order valence-corrected chi connectivity index (χ1v) is 8.30. The molecule has 0 saturated carbocycles. The Morgan fingerprint density at radius 3 is 2.79 bits per heavy atom. The maximum Gasteiger partial charge on any atom is 0.274 e. The van der Waals surface area contributed by atoms with Crippen LogP contribution >= 0.6 is 0 Å². The summed E-state index contributed by atoms with van der Waals surface area (Å²) in [5.41, 5.74) is 1.32. The third-order valence-corrected chi connectivity index (χ3v) is 4.41. The zero-order chi connectivity index (χ0) is 17.0. The van der Waals surface area contributed by atoms with Crippen LogP contribution < -0.4 is 0 Å². The van der Waals surface area contributed by atoms with Crippen LogP contribution in [0, 0.1) is 0 Å². The van der Waals surface area contributed by atoms with E-state index in [0.717, 1.165) is 12.8 Å². The third-order valence-electron chi connectivity index (χ3n) is 4.41. The van der Waals surface area contributed by atoms with Gasteiger partial charge in [-0.05, 0) is 32.3 Å². The molecule has 0 bridgehead atoms. The maximum atomic E-state index is 12.8. The molecule has 0 radical (unpaired) electrons. The largest absolute Gasteiger partial charge is 0.374 e. The van der Waals surface area contributed by atoms with Crippen LogP contribution in [0.3, 0.4) is 0 Å². The summed E-state index contributed by atoms with van der Waals surface area (Å²) in [5, 5.41) is 0. The fourth-order valence-electron chi connectivity index (χ4n) is 2.96. The second-order valence-corrected chi connectivity index (χ2v) is 6.78. The molecule has 1 unspecified atom stereocenters. The predicted octanol–water partition coefficient (Wildman–Crippen LogP) is 2.73. The van der Waals surface area contributed by atoms with E-state index < -0.39 is 0 Å². The number of hydrogen-bond acceptors (Lipinski definition) is 4. The van der Waals surface area contributed by atoms with Crippen LogP contribution in [0.25, 0.3) is 0 Å². The molecule has 1 aliphatic heterocycles. The first-order chi connectivity index (χ1) is 11.6. The summed E-state index contributed by atoms with van der Waals surface area (Å²) in [5.74, 6) is -0.0823. The summed E-state index contributed by atoms with van der Waals surface area (Å²) in [6.07, 6.45) is 6.52. The minimum atomic E-state index is -0.349. The molecule has 1 amide bonds. The standard InChI is InChI=1S/C19H23N3O2/c1-19(2)14-24-16(9-8-15-6-4-3-5-7-15)13-22(19)18(23)17-12-20-10-11-21-17/h3-7,10-12,16H,8-9,13-14H2,1-2H3. The molecular formula is C19H23N3O2. The van der Waals surface area contributed by atoms with Crippen molar-refractivity contribution in [2.45, 2.75) is 38.3 Å². The minimum absolute atomic E-state index is 0.0406. The molecule has 5 heteroatoms. The lowest BCUT2D eigenvalue weighted by Gasteiger charge is -2.45. The molecule has 1 atom stereocenters. The predicted molar refractivity (Wildman–Crippen MR) is 91.7 cm³/mol. The van der Waals surface area contributed by atoms with E-state index in [-0.39, 0.29) is 17.6 Å². The van der Waals surface area contributed by atoms with E-state index in [4.69, 9.17) is 4.74 Å². The van der Waals surface area contributed by atoms with Gasteiger partial charge in [0.2, 0.25) is 0 Å². The van der Waals surface area contributed by atoms with Gasteiger partial charge in [0.05, 0.1) is 24.4 Å². The Hall–Kier alpha value is -2.27. The minimum Gasteiger partial charge on any atom is -0.374 e.